The van der Waals surface area contributed by atoms with Crippen LogP contribution in [-0.2, 0) is 11.8 Å². The fourth-order valence-electron chi connectivity index (χ4n) is 1.15. The topological polar surface area (TPSA) is 77.1 Å². The lowest BCUT2D eigenvalue weighted by Gasteiger charge is -2.05. The smallest absolute Gasteiger partial charge is 0.250 e. The number of amides is 1. The number of hydrogen-bond donors (Lipinski definition) is 2. The molecule has 0 radical (unpaired) electrons. The van der Waals surface area contributed by atoms with Crippen LogP contribution in [0.2, 0.25) is 0 Å². The van der Waals surface area contributed by atoms with Gasteiger partial charge in [-0.25, -0.2) is 0 Å². The predicted molar refractivity (Wildman–Crippen MR) is 58.6 cm³/mol. The highest BCUT2D eigenvalue weighted by atomic mass is 16.1. The summed E-state index contributed by atoms with van der Waals surface area (Å²) in [5.74, 6) is -0.0842. The van der Waals surface area contributed by atoms with Crippen molar-refractivity contribution in [1.82, 2.24) is 4.57 Å². The molecule has 0 aliphatic rings. The number of anilines is 1. The van der Waals surface area contributed by atoms with Crippen molar-refractivity contribution in [3.05, 3.63) is 28.7 Å². The minimum absolute atomic E-state index is 0.0842. The van der Waals surface area contributed by atoms with Gasteiger partial charge in [0.1, 0.15) is 0 Å². The van der Waals surface area contributed by atoms with Crippen molar-refractivity contribution >= 4 is 11.6 Å². The Hall–Kier alpha value is -1.62. The van der Waals surface area contributed by atoms with Gasteiger partial charge in [0.15, 0.2) is 0 Å². The van der Waals surface area contributed by atoms with Gasteiger partial charge in [-0.2, -0.15) is 0 Å². The van der Waals surface area contributed by atoms with Crippen molar-refractivity contribution in [1.29, 1.82) is 0 Å². The number of rotatable bonds is 4. The van der Waals surface area contributed by atoms with Gasteiger partial charge in [0.25, 0.3) is 0 Å². The maximum absolute atomic E-state index is 11.3. The van der Waals surface area contributed by atoms with Gasteiger partial charge in [-0.15, -0.1) is 0 Å². The highest BCUT2D eigenvalue weighted by molar-refractivity contribution is 5.90. The van der Waals surface area contributed by atoms with Crippen molar-refractivity contribution < 1.29 is 4.79 Å². The van der Waals surface area contributed by atoms with Crippen molar-refractivity contribution in [2.75, 3.05) is 11.9 Å². The first-order valence-corrected chi connectivity index (χ1v) is 4.80. The molecular formula is C10H15N3O2. The van der Waals surface area contributed by atoms with E-state index in [1.807, 2.05) is 0 Å². The second kappa shape index (κ2) is 5.31. The fraction of sp³-hybridized carbons (Fsp3) is 0.400. The van der Waals surface area contributed by atoms with Crippen LogP contribution in [0.4, 0.5) is 5.69 Å². The largest absolute Gasteiger partial charge is 0.330 e. The van der Waals surface area contributed by atoms with E-state index in [0.717, 1.165) is 0 Å². The van der Waals surface area contributed by atoms with Gasteiger partial charge in [0.2, 0.25) is 11.5 Å². The van der Waals surface area contributed by atoms with Gasteiger partial charge in [0.05, 0.1) is 5.69 Å². The van der Waals surface area contributed by atoms with E-state index in [2.05, 4.69) is 5.32 Å². The van der Waals surface area contributed by atoms with Crippen LogP contribution in [0.3, 0.4) is 0 Å². The second-order valence-corrected chi connectivity index (χ2v) is 3.31. The van der Waals surface area contributed by atoms with Gasteiger partial charge in [-0.1, -0.05) is 0 Å². The molecule has 0 bridgehead atoms. The zero-order valence-electron chi connectivity index (χ0n) is 8.69. The van der Waals surface area contributed by atoms with Crippen LogP contribution < -0.4 is 16.6 Å². The van der Waals surface area contributed by atoms with E-state index in [1.165, 1.54) is 10.6 Å². The van der Waals surface area contributed by atoms with Crippen LogP contribution in [0.15, 0.2) is 23.1 Å². The minimum Gasteiger partial charge on any atom is -0.330 e. The third-order valence-electron chi connectivity index (χ3n) is 1.98. The molecule has 1 rings (SSSR count). The van der Waals surface area contributed by atoms with Crippen LogP contribution in [0.1, 0.15) is 12.8 Å². The summed E-state index contributed by atoms with van der Waals surface area (Å²) >= 11 is 0. The van der Waals surface area contributed by atoms with E-state index in [1.54, 1.807) is 19.3 Å². The first-order valence-electron chi connectivity index (χ1n) is 4.80. The summed E-state index contributed by atoms with van der Waals surface area (Å²) < 4.78 is 1.42. The van der Waals surface area contributed by atoms with Crippen molar-refractivity contribution in [2.24, 2.45) is 12.8 Å². The maximum Gasteiger partial charge on any atom is 0.250 e. The quantitative estimate of drug-likeness (QED) is 0.736. The van der Waals surface area contributed by atoms with Gasteiger partial charge in [-0.3, -0.25) is 9.59 Å². The maximum atomic E-state index is 11.3. The summed E-state index contributed by atoms with van der Waals surface area (Å²) in [6.45, 7) is 0.501. The zero-order chi connectivity index (χ0) is 11.3. The van der Waals surface area contributed by atoms with Crippen LogP contribution >= 0.6 is 0 Å². The Morgan fingerprint density at radius 1 is 1.53 bits per heavy atom. The van der Waals surface area contributed by atoms with E-state index < -0.39 is 0 Å². The third-order valence-corrected chi connectivity index (χ3v) is 1.98. The van der Waals surface area contributed by atoms with Gasteiger partial charge in [0, 0.05) is 25.7 Å². The molecule has 1 heterocycles. The number of aryl methyl sites for hydroxylation is 1. The van der Waals surface area contributed by atoms with Gasteiger partial charge >= 0.3 is 0 Å². The average Bonchev–Trinajstić information content (AvgIpc) is 2.20. The van der Waals surface area contributed by atoms with Crippen LogP contribution in [0.25, 0.3) is 0 Å². The molecule has 0 aliphatic heterocycles. The minimum atomic E-state index is -0.102. The molecule has 15 heavy (non-hydrogen) atoms. The number of nitrogens with two attached hydrogens (primary N) is 1. The molecule has 82 valence electrons. The first kappa shape index (κ1) is 11.5. The Bertz CT molecular complexity index is 398. The number of nitrogens with one attached hydrogen (secondary N) is 1. The molecule has 0 fully saturated rings. The third kappa shape index (κ3) is 3.55. The van der Waals surface area contributed by atoms with Crippen molar-refractivity contribution in [3.63, 3.8) is 0 Å². The number of nitrogens with zero attached hydrogens (tertiary/aromatic N) is 1. The lowest BCUT2D eigenvalue weighted by Crippen LogP contribution is -2.18. The Labute approximate surface area is 87.9 Å². The molecule has 1 amide bonds. The number of hydrogen-bond acceptors (Lipinski definition) is 3. The lowest BCUT2D eigenvalue weighted by atomic mass is 10.3. The van der Waals surface area contributed by atoms with Crippen LogP contribution in [0.5, 0.6) is 0 Å². The van der Waals surface area contributed by atoms with E-state index in [9.17, 15) is 9.59 Å². The molecule has 0 atom stereocenters. The Balaban J connectivity index is 2.61. The Kier molecular flexibility index (Phi) is 4.05. The highest BCUT2D eigenvalue weighted by Crippen LogP contribution is 2.03. The SMILES string of the molecule is Cn1cc(NC(=O)CCCN)ccc1=O. The summed E-state index contributed by atoms with van der Waals surface area (Å²) in [5.41, 5.74) is 5.81. The van der Waals surface area contributed by atoms with E-state index in [-0.39, 0.29) is 11.5 Å². The molecule has 5 heteroatoms. The molecule has 3 N–H and O–H groups in total. The summed E-state index contributed by atoms with van der Waals surface area (Å²) in [6.07, 6.45) is 2.65. The monoisotopic (exact) mass is 209 g/mol. The first-order chi connectivity index (χ1) is 7.13. The van der Waals surface area contributed by atoms with E-state index in [4.69, 9.17) is 5.73 Å². The number of carbonyl (C=O) groups excluding carboxylic acids is 1. The summed E-state index contributed by atoms with van der Waals surface area (Å²) in [7, 11) is 1.64. The normalized spacial score (nSPS) is 10.0. The number of pyridine rings is 1. The fourth-order valence-corrected chi connectivity index (χ4v) is 1.15. The van der Waals surface area contributed by atoms with Crippen LogP contribution in [-0.4, -0.2) is 17.0 Å². The molecule has 0 saturated heterocycles. The molecule has 1 aromatic heterocycles. The molecule has 1 aromatic rings. The van der Waals surface area contributed by atoms with E-state index >= 15 is 0 Å². The van der Waals surface area contributed by atoms with Crippen LogP contribution in [0, 0.1) is 0 Å². The number of carbonyl (C=O) groups is 1. The van der Waals surface area contributed by atoms with E-state index in [0.29, 0.717) is 25.1 Å². The molecule has 0 unspecified atom stereocenters. The van der Waals surface area contributed by atoms with Crippen molar-refractivity contribution in [3.8, 4) is 0 Å². The molecule has 0 saturated carbocycles. The molecule has 5 nitrogen and oxygen atoms in total. The average molecular weight is 209 g/mol. The second-order valence-electron chi connectivity index (χ2n) is 3.31. The Morgan fingerprint density at radius 2 is 2.27 bits per heavy atom. The lowest BCUT2D eigenvalue weighted by molar-refractivity contribution is -0.116. The van der Waals surface area contributed by atoms with Gasteiger partial charge in [-0.05, 0) is 19.0 Å². The highest BCUT2D eigenvalue weighted by Gasteiger charge is 2.01. The standard InChI is InChI=1S/C10H15N3O2/c1-13-7-8(4-5-10(13)15)12-9(14)3-2-6-11/h4-5,7H,2-3,6,11H2,1H3,(H,12,14). The molecule has 0 aromatic carbocycles. The molecule has 0 spiro atoms. The summed E-state index contributed by atoms with van der Waals surface area (Å²) in [4.78, 5) is 22.4. The molecular weight excluding hydrogens is 194 g/mol. The van der Waals surface area contributed by atoms with Crippen molar-refractivity contribution in [2.45, 2.75) is 12.8 Å². The number of aromatic nitrogens is 1. The van der Waals surface area contributed by atoms with Gasteiger partial charge < -0.3 is 15.6 Å². The summed E-state index contributed by atoms with van der Waals surface area (Å²) in [6, 6.07) is 3.00. The Morgan fingerprint density at radius 3 is 2.87 bits per heavy atom. The summed E-state index contributed by atoms with van der Waals surface area (Å²) in [5, 5.41) is 2.69. The molecule has 0 aliphatic carbocycles. The predicted octanol–water partition coefficient (Wildman–Crippen LogP) is 0.0627. The zero-order valence-corrected chi connectivity index (χ0v) is 8.69.